The first-order valence-electron chi connectivity index (χ1n) is 2.56. The monoisotopic (exact) mass is 100 g/mol. The van der Waals surface area contributed by atoms with Crippen LogP contribution in [0.3, 0.4) is 0 Å². The smallest absolute Gasteiger partial charge is 0.107 e. The lowest BCUT2D eigenvalue weighted by molar-refractivity contribution is 0.0831. The first-order valence-corrected chi connectivity index (χ1v) is 2.56. The normalized spacial score (nSPS) is 24.9. The van der Waals surface area contributed by atoms with Gasteiger partial charge in [-0.1, -0.05) is 0 Å². The number of hydrogen-bond acceptors (Lipinski definition) is 2. The molecule has 1 N–H and O–H groups in total. The van der Waals surface area contributed by atoms with Gasteiger partial charge in [0.2, 0.25) is 0 Å². The Bertz CT molecular complexity index is 61.1. The quantitative estimate of drug-likeness (QED) is 0.487. The van der Waals surface area contributed by atoms with E-state index >= 15 is 0 Å². The van der Waals surface area contributed by atoms with E-state index in [1.54, 1.807) is 0 Å². The number of aliphatic hydroxyl groups excluding tert-OH is 1. The average Bonchev–Trinajstić information content (AvgIpc) is 2.44. The number of nitrogens with zero attached hydrogens (tertiary/aromatic N) is 1. The van der Waals surface area contributed by atoms with E-state index in [9.17, 15) is 0 Å². The minimum Gasteiger partial charge on any atom is -0.378 e. The number of aliphatic hydroxyl groups is 1. The van der Waals surface area contributed by atoms with Crippen LogP contribution in [-0.2, 0) is 0 Å². The Hall–Kier alpha value is -0.0800. The van der Waals surface area contributed by atoms with Crippen molar-refractivity contribution in [2.75, 3.05) is 13.1 Å². The van der Waals surface area contributed by atoms with E-state index in [1.807, 2.05) is 4.90 Å². The predicted molar refractivity (Wildman–Crippen MR) is 27.6 cm³/mol. The summed E-state index contributed by atoms with van der Waals surface area (Å²) in [4.78, 5) is 1.97. The fourth-order valence-electron chi connectivity index (χ4n) is 0.538. The molecular weight excluding hydrogens is 90.1 g/mol. The second kappa shape index (κ2) is 1.80. The lowest BCUT2D eigenvalue weighted by atomic mass is 10.4. The van der Waals surface area contributed by atoms with Crippen LogP contribution >= 0.6 is 0 Å². The number of hydrogen-bond donors (Lipinski definition) is 1. The van der Waals surface area contributed by atoms with Gasteiger partial charge in [0.25, 0.3) is 0 Å². The molecule has 0 aromatic heterocycles. The van der Waals surface area contributed by atoms with Gasteiger partial charge in [-0.15, -0.1) is 0 Å². The van der Waals surface area contributed by atoms with E-state index < -0.39 is 0 Å². The van der Waals surface area contributed by atoms with Crippen molar-refractivity contribution in [3.8, 4) is 0 Å². The molecule has 0 amide bonds. The summed E-state index contributed by atoms with van der Waals surface area (Å²) in [5.41, 5.74) is 0. The van der Waals surface area contributed by atoms with Crippen LogP contribution in [0.5, 0.6) is 0 Å². The Morgan fingerprint density at radius 1 is 1.71 bits per heavy atom. The highest BCUT2D eigenvalue weighted by atomic mass is 16.3. The van der Waals surface area contributed by atoms with Gasteiger partial charge in [0, 0.05) is 13.1 Å². The van der Waals surface area contributed by atoms with Crippen LogP contribution in [0, 0.1) is 6.92 Å². The van der Waals surface area contributed by atoms with Gasteiger partial charge >= 0.3 is 0 Å². The lowest BCUT2D eigenvalue weighted by Gasteiger charge is -2.04. The first-order chi connectivity index (χ1) is 3.34. The molecule has 1 rings (SSSR count). The van der Waals surface area contributed by atoms with Crippen LogP contribution < -0.4 is 0 Å². The van der Waals surface area contributed by atoms with Gasteiger partial charge in [-0.25, -0.2) is 0 Å². The second-order valence-corrected chi connectivity index (χ2v) is 1.81. The Kier molecular flexibility index (Phi) is 1.30. The van der Waals surface area contributed by atoms with Gasteiger partial charge < -0.3 is 5.11 Å². The molecule has 1 aliphatic rings. The fraction of sp³-hybridized carbons (Fsp3) is 0.800. The molecule has 1 aliphatic heterocycles. The Morgan fingerprint density at radius 3 is 2.43 bits per heavy atom. The van der Waals surface area contributed by atoms with Gasteiger partial charge in [0.05, 0.1) is 0 Å². The van der Waals surface area contributed by atoms with Crippen LogP contribution in [0.2, 0.25) is 0 Å². The van der Waals surface area contributed by atoms with Crippen molar-refractivity contribution in [3.63, 3.8) is 0 Å². The van der Waals surface area contributed by atoms with Gasteiger partial charge in [0.1, 0.15) is 6.23 Å². The van der Waals surface area contributed by atoms with Crippen LogP contribution in [0.1, 0.15) is 6.42 Å². The standard InChI is InChI=1S/C5H10NO/c1-2-5(7)6-3-4-6/h5,7H,1-4H2. The third kappa shape index (κ3) is 1.14. The predicted octanol–water partition coefficient (Wildman–Crippen LogP) is -0.155. The van der Waals surface area contributed by atoms with Crippen LogP contribution in [-0.4, -0.2) is 29.3 Å². The number of rotatable bonds is 2. The molecule has 2 heteroatoms. The van der Waals surface area contributed by atoms with Crippen molar-refractivity contribution in [1.82, 2.24) is 4.90 Å². The molecule has 1 saturated heterocycles. The molecule has 0 aromatic rings. The van der Waals surface area contributed by atoms with Crippen molar-refractivity contribution < 1.29 is 5.11 Å². The summed E-state index contributed by atoms with van der Waals surface area (Å²) in [6, 6.07) is 0. The molecule has 0 aromatic carbocycles. The fourth-order valence-corrected chi connectivity index (χ4v) is 0.538. The summed E-state index contributed by atoms with van der Waals surface area (Å²) in [5, 5.41) is 8.86. The topological polar surface area (TPSA) is 23.2 Å². The van der Waals surface area contributed by atoms with Gasteiger partial charge in [-0.2, -0.15) is 0 Å². The Morgan fingerprint density at radius 2 is 2.29 bits per heavy atom. The zero-order valence-corrected chi connectivity index (χ0v) is 4.30. The molecule has 0 spiro atoms. The molecule has 1 fully saturated rings. The summed E-state index contributed by atoms with van der Waals surface area (Å²) in [6.07, 6.45) is 0.347. The van der Waals surface area contributed by atoms with Gasteiger partial charge in [0.15, 0.2) is 0 Å². The largest absolute Gasteiger partial charge is 0.378 e. The summed E-state index contributed by atoms with van der Waals surface area (Å²) in [6.45, 7) is 5.66. The zero-order valence-electron chi connectivity index (χ0n) is 4.30. The van der Waals surface area contributed by atoms with Crippen molar-refractivity contribution in [2.45, 2.75) is 12.6 Å². The van der Waals surface area contributed by atoms with E-state index in [0.717, 1.165) is 13.1 Å². The van der Waals surface area contributed by atoms with E-state index in [-0.39, 0.29) is 6.23 Å². The third-order valence-electron chi connectivity index (χ3n) is 1.16. The van der Waals surface area contributed by atoms with Crippen LogP contribution in [0.4, 0.5) is 0 Å². The zero-order chi connectivity index (χ0) is 5.28. The molecule has 7 heavy (non-hydrogen) atoms. The van der Waals surface area contributed by atoms with Crippen molar-refractivity contribution in [3.05, 3.63) is 6.92 Å². The van der Waals surface area contributed by atoms with E-state index in [4.69, 9.17) is 5.11 Å². The molecule has 0 saturated carbocycles. The van der Waals surface area contributed by atoms with Crippen molar-refractivity contribution in [2.24, 2.45) is 0 Å². The average molecular weight is 100 g/mol. The molecule has 1 heterocycles. The molecule has 41 valence electrons. The molecule has 1 atom stereocenters. The first kappa shape index (κ1) is 5.06. The van der Waals surface area contributed by atoms with E-state index in [0.29, 0.717) is 6.42 Å². The minimum absolute atomic E-state index is 0.264. The van der Waals surface area contributed by atoms with Crippen LogP contribution in [0.15, 0.2) is 0 Å². The Labute approximate surface area is 43.7 Å². The Balaban J connectivity index is 2.10. The summed E-state index contributed by atoms with van der Waals surface area (Å²) < 4.78 is 0. The highest BCUT2D eigenvalue weighted by molar-refractivity contribution is 4.75. The molecule has 0 aliphatic carbocycles. The summed E-state index contributed by atoms with van der Waals surface area (Å²) >= 11 is 0. The van der Waals surface area contributed by atoms with Crippen molar-refractivity contribution in [1.29, 1.82) is 0 Å². The highest BCUT2D eigenvalue weighted by Gasteiger charge is 2.23. The highest BCUT2D eigenvalue weighted by Crippen LogP contribution is 2.09. The second-order valence-electron chi connectivity index (χ2n) is 1.81. The maximum Gasteiger partial charge on any atom is 0.107 e. The third-order valence-corrected chi connectivity index (χ3v) is 1.16. The van der Waals surface area contributed by atoms with Gasteiger partial charge in [-0.3, -0.25) is 4.90 Å². The lowest BCUT2D eigenvalue weighted by Crippen LogP contribution is -2.15. The van der Waals surface area contributed by atoms with E-state index in [2.05, 4.69) is 6.92 Å². The molecular formula is C5H10NO. The summed E-state index contributed by atoms with van der Waals surface area (Å²) in [7, 11) is 0. The minimum atomic E-state index is -0.264. The molecule has 1 radical (unpaired) electrons. The maximum atomic E-state index is 8.86. The van der Waals surface area contributed by atoms with Crippen LogP contribution in [0.25, 0.3) is 0 Å². The SMILES string of the molecule is [CH2]CC(O)N1CC1. The maximum absolute atomic E-state index is 8.86. The summed E-state index contributed by atoms with van der Waals surface area (Å²) in [5.74, 6) is 0. The van der Waals surface area contributed by atoms with E-state index in [1.165, 1.54) is 0 Å². The molecule has 0 bridgehead atoms. The molecule has 2 nitrogen and oxygen atoms in total. The van der Waals surface area contributed by atoms with Crippen molar-refractivity contribution >= 4 is 0 Å². The van der Waals surface area contributed by atoms with Gasteiger partial charge in [-0.05, 0) is 13.3 Å². The molecule has 1 unspecified atom stereocenters.